The molecule has 1 fully saturated rings. The van der Waals surface area contributed by atoms with Gasteiger partial charge >= 0.3 is 0 Å². The SMILES string of the molecule is CCOC1CC(CC(O)c2cnnn2C)C1. The number of aliphatic hydroxyl groups excluding tert-OH is 1. The normalized spacial score (nSPS) is 26.4. The summed E-state index contributed by atoms with van der Waals surface area (Å²) in [6.45, 7) is 2.80. The zero-order chi connectivity index (χ0) is 11.5. The van der Waals surface area contributed by atoms with E-state index < -0.39 is 6.10 Å². The number of aromatic nitrogens is 3. The first kappa shape index (κ1) is 11.5. The van der Waals surface area contributed by atoms with Gasteiger partial charge in [-0.25, -0.2) is 4.68 Å². The zero-order valence-electron chi connectivity index (χ0n) is 9.83. The Hall–Kier alpha value is -0.940. The van der Waals surface area contributed by atoms with Gasteiger partial charge in [0.25, 0.3) is 0 Å². The van der Waals surface area contributed by atoms with Crippen LogP contribution in [0.2, 0.25) is 0 Å². The molecule has 1 aliphatic rings. The zero-order valence-corrected chi connectivity index (χ0v) is 9.83. The second-order valence-corrected chi connectivity index (χ2v) is 4.45. The maximum atomic E-state index is 10.0. The average Bonchev–Trinajstić information content (AvgIpc) is 2.61. The summed E-state index contributed by atoms with van der Waals surface area (Å²) in [5.41, 5.74) is 0.792. The van der Waals surface area contributed by atoms with Crippen molar-refractivity contribution in [3.63, 3.8) is 0 Å². The van der Waals surface area contributed by atoms with Gasteiger partial charge in [0, 0.05) is 13.7 Å². The van der Waals surface area contributed by atoms with Crippen LogP contribution < -0.4 is 0 Å². The van der Waals surface area contributed by atoms with Crippen molar-refractivity contribution in [3.05, 3.63) is 11.9 Å². The number of ether oxygens (including phenoxy) is 1. The third-order valence-electron chi connectivity index (χ3n) is 3.24. The van der Waals surface area contributed by atoms with Gasteiger partial charge < -0.3 is 9.84 Å². The lowest BCUT2D eigenvalue weighted by molar-refractivity contribution is -0.0386. The number of hydrogen-bond donors (Lipinski definition) is 1. The highest BCUT2D eigenvalue weighted by molar-refractivity contribution is 4.99. The summed E-state index contributed by atoms with van der Waals surface area (Å²) in [5, 5.41) is 17.6. The molecule has 16 heavy (non-hydrogen) atoms. The first-order valence-electron chi connectivity index (χ1n) is 5.85. The van der Waals surface area contributed by atoms with Crippen molar-refractivity contribution in [3.8, 4) is 0 Å². The molecular formula is C11H19N3O2. The molecule has 1 unspecified atom stereocenters. The molecular weight excluding hydrogens is 206 g/mol. The van der Waals surface area contributed by atoms with E-state index in [0.717, 1.165) is 31.6 Å². The maximum absolute atomic E-state index is 10.0. The summed E-state index contributed by atoms with van der Waals surface area (Å²) in [5.74, 6) is 0.571. The molecule has 1 aliphatic carbocycles. The minimum Gasteiger partial charge on any atom is -0.387 e. The molecule has 0 aromatic carbocycles. The molecule has 1 N–H and O–H groups in total. The summed E-state index contributed by atoms with van der Waals surface area (Å²) >= 11 is 0. The fraction of sp³-hybridized carbons (Fsp3) is 0.818. The van der Waals surface area contributed by atoms with E-state index in [4.69, 9.17) is 4.74 Å². The molecule has 90 valence electrons. The van der Waals surface area contributed by atoms with Gasteiger partial charge in [0.1, 0.15) is 0 Å². The van der Waals surface area contributed by atoms with Gasteiger partial charge in [0.05, 0.1) is 24.1 Å². The fourth-order valence-corrected chi connectivity index (χ4v) is 2.27. The highest BCUT2D eigenvalue weighted by Crippen LogP contribution is 2.36. The Balaban J connectivity index is 1.77. The number of aryl methyl sites for hydroxylation is 1. The molecule has 0 amide bonds. The monoisotopic (exact) mass is 225 g/mol. The van der Waals surface area contributed by atoms with Gasteiger partial charge in [0.15, 0.2) is 0 Å². The fourth-order valence-electron chi connectivity index (χ4n) is 2.27. The summed E-state index contributed by atoms with van der Waals surface area (Å²) in [6.07, 6.45) is 4.50. The molecule has 0 bridgehead atoms. The van der Waals surface area contributed by atoms with Crippen LogP contribution in [0.15, 0.2) is 6.20 Å². The van der Waals surface area contributed by atoms with Gasteiger partial charge in [-0.05, 0) is 32.1 Å². The standard InChI is InChI=1S/C11H19N3O2/c1-3-16-9-4-8(5-9)6-11(15)10-7-12-13-14(10)2/h7-9,11,15H,3-6H2,1-2H3. The van der Waals surface area contributed by atoms with Gasteiger partial charge in [0.2, 0.25) is 0 Å². The predicted molar refractivity (Wildman–Crippen MR) is 58.7 cm³/mol. The van der Waals surface area contributed by atoms with Crippen molar-refractivity contribution < 1.29 is 9.84 Å². The Kier molecular flexibility index (Phi) is 3.56. The second-order valence-electron chi connectivity index (χ2n) is 4.45. The number of hydrogen-bond acceptors (Lipinski definition) is 4. The summed E-state index contributed by atoms with van der Waals surface area (Å²) in [4.78, 5) is 0. The number of nitrogens with zero attached hydrogens (tertiary/aromatic N) is 3. The van der Waals surface area contributed by atoms with E-state index in [-0.39, 0.29) is 0 Å². The van der Waals surface area contributed by atoms with Crippen LogP contribution in [-0.2, 0) is 11.8 Å². The molecule has 0 saturated heterocycles. The van der Waals surface area contributed by atoms with Crippen molar-refractivity contribution in [1.82, 2.24) is 15.0 Å². The van der Waals surface area contributed by atoms with E-state index in [1.165, 1.54) is 0 Å². The molecule has 5 heteroatoms. The van der Waals surface area contributed by atoms with Crippen LogP contribution in [-0.4, -0.2) is 32.8 Å². The highest BCUT2D eigenvalue weighted by Gasteiger charge is 2.31. The molecule has 0 aliphatic heterocycles. The van der Waals surface area contributed by atoms with Crippen LogP contribution >= 0.6 is 0 Å². The third kappa shape index (κ3) is 2.41. The van der Waals surface area contributed by atoms with E-state index in [0.29, 0.717) is 12.0 Å². The Morgan fingerprint density at radius 3 is 2.94 bits per heavy atom. The molecule has 0 radical (unpaired) electrons. The van der Waals surface area contributed by atoms with Crippen molar-refractivity contribution in [1.29, 1.82) is 0 Å². The molecule has 5 nitrogen and oxygen atoms in total. The maximum Gasteiger partial charge on any atom is 0.0975 e. The van der Waals surface area contributed by atoms with Gasteiger partial charge in [-0.1, -0.05) is 5.21 Å². The lowest BCUT2D eigenvalue weighted by Gasteiger charge is -2.35. The summed E-state index contributed by atoms with van der Waals surface area (Å²) < 4.78 is 7.12. The van der Waals surface area contributed by atoms with Crippen LogP contribution in [0.5, 0.6) is 0 Å². The van der Waals surface area contributed by atoms with E-state index in [9.17, 15) is 5.11 Å². The Bertz CT molecular complexity index is 334. The third-order valence-corrected chi connectivity index (χ3v) is 3.24. The predicted octanol–water partition coefficient (Wildman–Crippen LogP) is 1.05. The van der Waals surface area contributed by atoms with E-state index in [2.05, 4.69) is 10.3 Å². The first-order valence-corrected chi connectivity index (χ1v) is 5.85. The van der Waals surface area contributed by atoms with Crippen molar-refractivity contribution in [2.75, 3.05) is 6.61 Å². The summed E-state index contributed by atoms with van der Waals surface area (Å²) in [6, 6.07) is 0. The van der Waals surface area contributed by atoms with Crippen LogP contribution in [0.1, 0.15) is 38.0 Å². The Morgan fingerprint density at radius 2 is 2.38 bits per heavy atom. The van der Waals surface area contributed by atoms with Crippen LogP contribution in [0.25, 0.3) is 0 Å². The van der Waals surface area contributed by atoms with Gasteiger partial charge in [-0.2, -0.15) is 0 Å². The number of aliphatic hydroxyl groups is 1. The van der Waals surface area contributed by atoms with Crippen molar-refractivity contribution >= 4 is 0 Å². The quantitative estimate of drug-likeness (QED) is 0.813. The molecule has 1 saturated carbocycles. The second kappa shape index (κ2) is 4.93. The van der Waals surface area contributed by atoms with Crippen molar-refractivity contribution in [2.45, 2.75) is 38.4 Å². The molecule has 2 rings (SSSR count). The number of rotatable bonds is 5. The topological polar surface area (TPSA) is 60.2 Å². The van der Waals surface area contributed by atoms with E-state index >= 15 is 0 Å². The van der Waals surface area contributed by atoms with E-state index in [1.54, 1.807) is 17.9 Å². The first-order chi connectivity index (χ1) is 7.70. The van der Waals surface area contributed by atoms with Crippen LogP contribution in [0.3, 0.4) is 0 Å². The molecule has 1 aromatic heterocycles. The van der Waals surface area contributed by atoms with Gasteiger partial charge in [-0.3, -0.25) is 0 Å². The summed E-state index contributed by atoms with van der Waals surface area (Å²) in [7, 11) is 1.80. The highest BCUT2D eigenvalue weighted by atomic mass is 16.5. The molecule has 1 heterocycles. The minimum atomic E-state index is -0.451. The Morgan fingerprint density at radius 1 is 1.62 bits per heavy atom. The van der Waals surface area contributed by atoms with Crippen LogP contribution in [0.4, 0.5) is 0 Å². The van der Waals surface area contributed by atoms with Gasteiger partial charge in [-0.15, -0.1) is 5.10 Å². The Labute approximate surface area is 95.4 Å². The average molecular weight is 225 g/mol. The van der Waals surface area contributed by atoms with Crippen molar-refractivity contribution in [2.24, 2.45) is 13.0 Å². The molecule has 1 atom stereocenters. The molecule has 1 aromatic rings. The smallest absolute Gasteiger partial charge is 0.0975 e. The minimum absolute atomic E-state index is 0.409. The lowest BCUT2D eigenvalue weighted by atomic mass is 9.78. The van der Waals surface area contributed by atoms with Crippen LogP contribution in [0, 0.1) is 5.92 Å². The lowest BCUT2D eigenvalue weighted by Crippen LogP contribution is -2.32. The molecule has 0 spiro atoms. The van der Waals surface area contributed by atoms with E-state index in [1.807, 2.05) is 6.92 Å². The largest absolute Gasteiger partial charge is 0.387 e.